The third kappa shape index (κ3) is 3.56. The lowest BCUT2D eigenvalue weighted by Gasteiger charge is -2.29. The molecular formula is C25H17Cl2FN4O. The van der Waals surface area contributed by atoms with Gasteiger partial charge < -0.3 is 9.67 Å². The van der Waals surface area contributed by atoms with Crippen molar-refractivity contribution in [1.29, 1.82) is 0 Å². The van der Waals surface area contributed by atoms with E-state index in [9.17, 15) is 9.50 Å². The fourth-order valence-corrected chi connectivity index (χ4v) is 4.73. The molecule has 5 aromatic rings. The number of hydrogen-bond donors (Lipinski definition) is 1. The van der Waals surface area contributed by atoms with Gasteiger partial charge in [-0.25, -0.2) is 15.0 Å². The van der Waals surface area contributed by atoms with Crippen LogP contribution in [0.4, 0.5) is 4.39 Å². The molecule has 0 saturated heterocycles. The Bertz CT molecular complexity index is 1490. The molecule has 0 aliphatic heterocycles. The highest BCUT2D eigenvalue weighted by Crippen LogP contribution is 2.41. The van der Waals surface area contributed by atoms with E-state index < -0.39 is 11.5 Å². The zero-order chi connectivity index (χ0) is 23.2. The Morgan fingerprint density at radius 2 is 1.70 bits per heavy atom. The Labute approximate surface area is 199 Å². The molecule has 1 atom stereocenters. The van der Waals surface area contributed by atoms with Gasteiger partial charge in [0.05, 0.1) is 10.5 Å². The van der Waals surface area contributed by atoms with Gasteiger partial charge in [-0.05, 0) is 29.3 Å². The quantitative estimate of drug-likeness (QED) is 0.333. The number of rotatable bonds is 4. The smallest absolute Gasteiger partial charge is 0.213 e. The van der Waals surface area contributed by atoms with Crippen LogP contribution in [0.15, 0.2) is 79.3 Å². The fourth-order valence-electron chi connectivity index (χ4n) is 4.04. The fraction of sp³-hybridized carbons (Fsp3) is 0.0800. The zero-order valence-electron chi connectivity index (χ0n) is 17.4. The maximum Gasteiger partial charge on any atom is 0.213 e. The standard InChI is InChI=1S/C25H17Cl2FN4O/c1-32-12-11-30-24(32)25(33,17-9-10-29-20(28)14-17)16-7-8-19-18(13-16)22(26)21(23(27)31-19)15-5-3-2-4-6-15/h2-14,33H,1H3/t25-/m0/s1. The molecule has 0 bridgehead atoms. The van der Waals surface area contributed by atoms with E-state index in [2.05, 4.69) is 15.0 Å². The highest BCUT2D eigenvalue weighted by atomic mass is 35.5. The summed E-state index contributed by atoms with van der Waals surface area (Å²) >= 11 is 13.3. The number of imidazole rings is 1. The number of hydrogen-bond acceptors (Lipinski definition) is 4. The predicted molar refractivity (Wildman–Crippen MR) is 127 cm³/mol. The summed E-state index contributed by atoms with van der Waals surface area (Å²) in [7, 11) is 1.76. The summed E-state index contributed by atoms with van der Waals surface area (Å²) in [5.74, 6) is -0.396. The second-order valence-electron chi connectivity index (χ2n) is 7.63. The van der Waals surface area contributed by atoms with Gasteiger partial charge >= 0.3 is 0 Å². The molecule has 3 heterocycles. The van der Waals surface area contributed by atoms with E-state index >= 15 is 0 Å². The molecule has 1 N–H and O–H groups in total. The van der Waals surface area contributed by atoms with Crippen molar-refractivity contribution >= 4 is 34.1 Å². The number of aromatic nitrogens is 4. The minimum absolute atomic E-state index is 0.280. The first-order valence-electron chi connectivity index (χ1n) is 10.1. The van der Waals surface area contributed by atoms with E-state index in [0.717, 1.165) is 5.56 Å². The molecule has 33 heavy (non-hydrogen) atoms. The second kappa shape index (κ2) is 8.23. The third-order valence-corrected chi connectivity index (χ3v) is 6.31. The van der Waals surface area contributed by atoms with Crippen LogP contribution in [0.25, 0.3) is 22.0 Å². The average molecular weight is 479 g/mol. The molecule has 3 aromatic heterocycles. The zero-order valence-corrected chi connectivity index (χ0v) is 18.9. The summed E-state index contributed by atoms with van der Waals surface area (Å²) in [6.45, 7) is 0. The first-order valence-corrected chi connectivity index (χ1v) is 10.8. The molecule has 0 amide bonds. The highest BCUT2D eigenvalue weighted by molar-refractivity contribution is 6.42. The van der Waals surface area contributed by atoms with Gasteiger partial charge in [-0.15, -0.1) is 0 Å². The third-order valence-electron chi connectivity index (χ3n) is 5.65. The van der Waals surface area contributed by atoms with Gasteiger partial charge in [-0.1, -0.05) is 59.6 Å². The Hall–Kier alpha value is -3.32. The van der Waals surface area contributed by atoms with Gasteiger partial charge in [0, 0.05) is 48.2 Å². The van der Waals surface area contributed by atoms with Gasteiger partial charge in [0.2, 0.25) is 5.95 Å². The number of fused-ring (bicyclic) bond motifs is 1. The molecule has 8 heteroatoms. The van der Waals surface area contributed by atoms with E-state index in [1.807, 2.05) is 30.3 Å². The predicted octanol–water partition coefficient (Wildman–Crippen LogP) is 5.76. The number of aliphatic hydroxyl groups is 1. The largest absolute Gasteiger partial charge is 0.373 e. The van der Waals surface area contributed by atoms with Crippen LogP contribution in [-0.4, -0.2) is 24.6 Å². The van der Waals surface area contributed by atoms with Crippen LogP contribution in [0.3, 0.4) is 0 Å². The van der Waals surface area contributed by atoms with E-state index in [4.69, 9.17) is 23.2 Å². The number of halogens is 3. The molecule has 0 aliphatic rings. The number of aryl methyl sites for hydroxylation is 1. The van der Waals surface area contributed by atoms with Crippen LogP contribution in [0.1, 0.15) is 17.0 Å². The summed E-state index contributed by atoms with van der Waals surface area (Å²) in [6, 6.07) is 17.4. The molecule has 2 aromatic carbocycles. The molecule has 0 fully saturated rings. The highest BCUT2D eigenvalue weighted by Gasteiger charge is 2.38. The maximum atomic E-state index is 14.1. The summed E-state index contributed by atoms with van der Waals surface area (Å²) < 4.78 is 15.7. The Kier molecular flexibility index (Phi) is 5.37. The first kappa shape index (κ1) is 21.5. The summed E-state index contributed by atoms with van der Waals surface area (Å²) in [4.78, 5) is 12.5. The molecule has 0 unspecified atom stereocenters. The van der Waals surface area contributed by atoms with Crippen LogP contribution in [-0.2, 0) is 12.6 Å². The van der Waals surface area contributed by atoms with Crippen LogP contribution in [0.5, 0.6) is 0 Å². The lowest BCUT2D eigenvalue weighted by Crippen LogP contribution is -2.32. The minimum Gasteiger partial charge on any atom is -0.373 e. The topological polar surface area (TPSA) is 63.8 Å². The van der Waals surface area contributed by atoms with Crippen molar-refractivity contribution in [2.24, 2.45) is 7.05 Å². The lowest BCUT2D eigenvalue weighted by molar-refractivity contribution is 0.112. The molecular weight excluding hydrogens is 462 g/mol. The van der Waals surface area contributed by atoms with Crippen molar-refractivity contribution in [2.75, 3.05) is 0 Å². The van der Waals surface area contributed by atoms with E-state index in [0.29, 0.717) is 32.9 Å². The maximum absolute atomic E-state index is 14.1. The van der Waals surface area contributed by atoms with Crippen molar-refractivity contribution in [3.05, 3.63) is 112 Å². The molecule has 0 radical (unpaired) electrons. The van der Waals surface area contributed by atoms with E-state index in [1.54, 1.807) is 48.3 Å². The Morgan fingerprint density at radius 1 is 0.939 bits per heavy atom. The summed E-state index contributed by atoms with van der Waals surface area (Å²) in [5.41, 5.74) is 0.940. The van der Waals surface area contributed by atoms with E-state index in [1.165, 1.54) is 12.3 Å². The summed E-state index contributed by atoms with van der Waals surface area (Å²) in [6.07, 6.45) is 4.59. The molecule has 5 nitrogen and oxygen atoms in total. The number of benzene rings is 2. The second-order valence-corrected chi connectivity index (χ2v) is 8.36. The first-order chi connectivity index (χ1) is 15.9. The molecule has 164 valence electrons. The van der Waals surface area contributed by atoms with Crippen LogP contribution in [0, 0.1) is 5.95 Å². The Morgan fingerprint density at radius 3 is 2.39 bits per heavy atom. The molecule has 5 rings (SSSR count). The van der Waals surface area contributed by atoms with Crippen molar-refractivity contribution in [2.45, 2.75) is 5.60 Å². The summed E-state index contributed by atoms with van der Waals surface area (Å²) in [5, 5.41) is 13.3. The average Bonchev–Trinajstić information content (AvgIpc) is 3.25. The normalized spacial score (nSPS) is 13.2. The Balaban J connectivity index is 1.79. The van der Waals surface area contributed by atoms with Gasteiger partial charge in [-0.2, -0.15) is 4.39 Å². The van der Waals surface area contributed by atoms with Crippen molar-refractivity contribution in [1.82, 2.24) is 19.5 Å². The van der Waals surface area contributed by atoms with Gasteiger partial charge in [0.15, 0.2) is 5.60 Å². The van der Waals surface area contributed by atoms with Crippen LogP contribution < -0.4 is 0 Å². The van der Waals surface area contributed by atoms with Crippen molar-refractivity contribution < 1.29 is 9.50 Å². The SMILES string of the molecule is Cn1ccnc1[C@@](O)(c1ccnc(F)c1)c1ccc2nc(Cl)c(-c3ccccc3)c(Cl)c2c1. The molecule has 0 spiro atoms. The number of pyridine rings is 2. The van der Waals surface area contributed by atoms with Gasteiger partial charge in [-0.3, -0.25) is 0 Å². The monoisotopic (exact) mass is 478 g/mol. The van der Waals surface area contributed by atoms with Crippen molar-refractivity contribution in [3.8, 4) is 11.1 Å². The van der Waals surface area contributed by atoms with Crippen LogP contribution in [0.2, 0.25) is 10.2 Å². The van der Waals surface area contributed by atoms with Crippen LogP contribution >= 0.6 is 23.2 Å². The minimum atomic E-state index is -1.77. The molecule has 0 saturated carbocycles. The van der Waals surface area contributed by atoms with E-state index in [-0.39, 0.29) is 10.7 Å². The van der Waals surface area contributed by atoms with Gasteiger partial charge in [0.25, 0.3) is 0 Å². The lowest BCUT2D eigenvalue weighted by atomic mass is 9.85. The van der Waals surface area contributed by atoms with Gasteiger partial charge in [0.1, 0.15) is 11.0 Å². The number of nitrogens with zero attached hydrogens (tertiary/aromatic N) is 4. The molecule has 0 aliphatic carbocycles. The van der Waals surface area contributed by atoms with Crippen molar-refractivity contribution in [3.63, 3.8) is 0 Å².